The third-order valence-corrected chi connectivity index (χ3v) is 2.65. The molecule has 8 nitrogen and oxygen atoms in total. The highest BCUT2D eigenvalue weighted by atomic mass is 19.1. The predicted molar refractivity (Wildman–Crippen MR) is 85.7 cm³/mol. The van der Waals surface area contributed by atoms with Gasteiger partial charge in [0.25, 0.3) is 5.69 Å². The van der Waals surface area contributed by atoms with E-state index in [4.69, 9.17) is 9.84 Å². The van der Waals surface area contributed by atoms with E-state index < -0.39 is 39.7 Å². The highest BCUT2D eigenvalue weighted by Gasteiger charge is 2.22. The van der Waals surface area contributed by atoms with Crippen molar-refractivity contribution in [1.82, 2.24) is 5.32 Å². The van der Waals surface area contributed by atoms with Crippen molar-refractivity contribution in [1.29, 1.82) is 0 Å². The molecule has 0 unspecified atom stereocenters. The van der Waals surface area contributed by atoms with Gasteiger partial charge in [0.05, 0.1) is 10.5 Å². The topological polar surface area (TPSA) is 119 Å². The number of aromatic carboxylic acids is 1. The van der Waals surface area contributed by atoms with Gasteiger partial charge in [-0.1, -0.05) is 11.8 Å². The number of ether oxygens (including phenoxy) is 1. The molecule has 1 rings (SSSR count). The summed E-state index contributed by atoms with van der Waals surface area (Å²) in [6.07, 6.45) is -0.477. The summed E-state index contributed by atoms with van der Waals surface area (Å²) >= 11 is 0. The Balaban J connectivity index is 2.77. The van der Waals surface area contributed by atoms with Crippen molar-refractivity contribution in [2.45, 2.75) is 32.8 Å². The average molecular weight is 352 g/mol. The van der Waals surface area contributed by atoms with Gasteiger partial charge in [-0.25, -0.2) is 14.0 Å². The summed E-state index contributed by atoms with van der Waals surface area (Å²) in [6.45, 7) is 5.27. The quantitative estimate of drug-likeness (QED) is 0.372. The maximum Gasteiger partial charge on any atom is 0.407 e. The Hall–Kier alpha value is -3.15. The molecule has 1 aromatic rings. The van der Waals surface area contributed by atoms with E-state index in [0.29, 0.717) is 6.07 Å². The van der Waals surface area contributed by atoms with E-state index >= 15 is 0 Å². The zero-order chi connectivity index (χ0) is 19.2. The first-order valence-corrected chi connectivity index (χ1v) is 7.18. The van der Waals surface area contributed by atoms with Crippen LogP contribution >= 0.6 is 0 Å². The van der Waals surface area contributed by atoms with E-state index in [9.17, 15) is 24.1 Å². The van der Waals surface area contributed by atoms with Crippen LogP contribution in [0.5, 0.6) is 0 Å². The molecular weight excluding hydrogens is 335 g/mol. The molecule has 0 saturated heterocycles. The molecule has 0 atom stereocenters. The first kappa shape index (κ1) is 19.9. The second-order valence-electron chi connectivity index (χ2n) is 5.89. The number of amides is 1. The number of alkyl carbamates (subject to hydrolysis) is 1. The van der Waals surface area contributed by atoms with Crippen molar-refractivity contribution in [3.63, 3.8) is 0 Å². The number of carbonyl (C=O) groups is 2. The van der Waals surface area contributed by atoms with Crippen LogP contribution in [0.3, 0.4) is 0 Å². The van der Waals surface area contributed by atoms with Crippen LogP contribution in [-0.4, -0.2) is 34.2 Å². The fraction of sp³-hybridized carbons (Fsp3) is 0.375. The number of carboxylic acids is 1. The number of nitrogens with one attached hydrogen (secondary N) is 1. The van der Waals surface area contributed by atoms with Crippen molar-refractivity contribution >= 4 is 17.7 Å². The van der Waals surface area contributed by atoms with Crippen LogP contribution in [0, 0.1) is 27.8 Å². The number of hydrogen-bond acceptors (Lipinski definition) is 5. The minimum absolute atomic E-state index is 0.138. The second-order valence-corrected chi connectivity index (χ2v) is 5.89. The molecule has 0 spiro atoms. The van der Waals surface area contributed by atoms with Gasteiger partial charge >= 0.3 is 12.1 Å². The van der Waals surface area contributed by atoms with Crippen molar-refractivity contribution in [2.75, 3.05) is 6.54 Å². The summed E-state index contributed by atoms with van der Waals surface area (Å²) in [6, 6.07) is 1.33. The molecule has 2 N–H and O–H groups in total. The van der Waals surface area contributed by atoms with Crippen LogP contribution in [-0.2, 0) is 4.74 Å². The van der Waals surface area contributed by atoms with E-state index in [2.05, 4.69) is 17.2 Å². The average Bonchev–Trinajstić information content (AvgIpc) is 2.45. The predicted octanol–water partition coefficient (Wildman–Crippen LogP) is 2.70. The molecule has 25 heavy (non-hydrogen) atoms. The summed E-state index contributed by atoms with van der Waals surface area (Å²) in [5.41, 5.74) is -2.43. The summed E-state index contributed by atoms with van der Waals surface area (Å²) in [5.74, 6) is 2.35. The van der Waals surface area contributed by atoms with Crippen molar-refractivity contribution in [3.05, 3.63) is 39.2 Å². The Kier molecular flexibility index (Phi) is 6.45. The maximum atomic E-state index is 13.8. The van der Waals surface area contributed by atoms with Crippen LogP contribution in [0.2, 0.25) is 0 Å². The largest absolute Gasteiger partial charge is 0.477 e. The van der Waals surface area contributed by atoms with Gasteiger partial charge in [0.2, 0.25) is 0 Å². The number of nitro benzene ring substituents is 1. The molecule has 1 amide bonds. The van der Waals surface area contributed by atoms with Gasteiger partial charge in [-0.15, -0.1) is 0 Å². The standard InChI is InChI=1S/C16H17FN2O6/c1-16(2,3)25-15(22)18-7-5-4-6-10-8-13(19(23)24)11(14(20)21)9-12(10)17/h8-9H,5,7H2,1-3H3,(H,18,22)(H,20,21). The molecule has 0 aliphatic heterocycles. The summed E-state index contributed by atoms with van der Waals surface area (Å²) < 4.78 is 18.8. The highest BCUT2D eigenvalue weighted by molar-refractivity contribution is 5.92. The molecule has 0 heterocycles. The lowest BCUT2D eigenvalue weighted by Crippen LogP contribution is -2.32. The SMILES string of the molecule is CC(C)(C)OC(=O)NCCC#Cc1cc([N+](=O)[O-])c(C(=O)O)cc1F. The number of benzene rings is 1. The Morgan fingerprint density at radius 3 is 2.56 bits per heavy atom. The van der Waals surface area contributed by atoms with Gasteiger partial charge < -0.3 is 15.2 Å². The first-order valence-electron chi connectivity index (χ1n) is 7.18. The van der Waals surface area contributed by atoms with Crippen LogP contribution in [0.1, 0.15) is 43.1 Å². The second kappa shape index (κ2) is 8.10. The monoisotopic (exact) mass is 352 g/mol. The molecule has 0 saturated carbocycles. The Bertz CT molecular complexity index is 758. The maximum absolute atomic E-state index is 13.8. The smallest absolute Gasteiger partial charge is 0.407 e. The molecule has 9 heteroatoms. The van der Waals surface area contributed by atoms with Gasteiger partial charge in [0.1, 0.15) is 17.0 Å². The number of hydrogen-bond donors (Lipinski definition) is 2. The lowest BCUT2D eigenvalue weighted by Gasteiger charge is -2.19. The van der Waals surface area contributed by atoms with Gasteiger partial charge in [-0.3, -0.25) is 10.1 Å². The molecule has 0 fully saturated rings. The molecule has 0 bridgehead atoms. The summed E-state index contributed by atoms with van der Waals surface area (Å²) in [4.78, 5) is 32.2. The summed E-state index contributed by atoms with van der Waals surface area (Å²) in [5, 5.41) is 22.2. The zero-order valence-electron chi connectivity index (χ0n) is 13.9. The zero-order valence-corrected chi connectivity index (χ0v) is 13.9. The van der Waals surface area contributed by atoms with E-state index in [-0.39, 0.29) is 18.5 Å². The highest BCUT2D eigenvalue weighted by Crippen LogP contribution is 2.22. The molecular formula is C16H17FN2O6. The number of halogens is 1. The summed E-state index contributed by atoms with van der Waals surface area (Å²) in [7, 11) is 0. The molecule has 1 aromatic carbocycles. The van der Waals surface area contributed by atoms with Crippen LogP contribution in [0.25, 0.3) is 0 Å². The van der Waals surface area contributed by atoms with Gasteiger partial charge in [-0.05, 0) is 26.8 Å². The van der Waals surface area contributed by atoms with Crippen LogP contribution in [0.4, 0.5) is 14.9 Å². The fourth-order valence-corrected chi connectivity index (χ4v) is 1.68. The van der Waals surface area contributed by atoms with Crippen molar-refractivity contribution < 1.29 is 28.7 Å². The van der Waals surface area contributed by atoms with Gasteiger partial charge in [0, 0.05) is 19.0 Å². The lowest BCUT2D eigenvalue weighted by molar-refractivity contribution is -0.385. The van der Waals surface area contributed by atoms with E-state index in [1.54, 1.807) is 20.8 Å². The van der Waals surface area contributed by atoms with Crippen molar-refractivity contribution in [2.24, 2.45) is 0 Å². The number of rotatable bonds is 4. The Morgan fingerprint density at radius 2 is 2.04 bits per heavy atom. The minimum Gasteiger partial charge on any atom is -0.477 e. The number of carboxylic acid groups (broad SMARTS) is 1. The molecule has 0 aliphatic carbocycles. The van der Waals surface area contributed by atoms with Gasteiger partial charge in [-0.2, -0.15) is 0 Å². The van der Waals surface area contributed by atoms with E-state index in [1.165, 1.54) is 0 Å². The van der Waals surface area contributed by atoms with Crippen LogP contribution < -0.4 is 5.32 Å². The lowest BCUT2D eigenvalue weighted by atomic mass is 10.1. The fourth-order valence-electron chi connectivity index (χ4n) is 1.68. The van der Waals surface area contributed by atoms with Gasteiger partial charge in [0.15, 0.2) is 0 Å². The molecule has 0 aliphatic rings. The van der Waals surface area contributed by atoms with Crippen LogP contribution in [0.15, 0.2) is 12.1 Å². The molecule has 0 radical (unpaired) electrons. The third kappa shape index (κ3) is 6.47. The minimum atomic E-state index is -1.60. The number of carbonyl (C=O) groups excluding carboxylic acids is 1. The third-order valence-electron chi connectivity index (χ3n) is 2.65. The normalized spacial score (nSPS) is 10.4. The number of nitro groups is 1. The Labute approximate surface area is 143 Å². The molecule has 134 valence electrons. The number of nitrogens with zero attached hydrogens (tertiary/aromatic N) is 1. The van der Waals surface area contributed by atoms with E-state index in [0.717, 1.165) is 6.07 Å². The van der Waals surface area contributed by atoms with E-state index in [1.807, 2.05) is 0 Å². The molecule has 0 aromatic heterocycles. The Morgan fingerprint density at radius 1 is 1.40 bits per heavy atom. The first-order chi connectivity index (χ1) is 11.5. The van der Waals surface area contributed by atoms with Crippen molar-refractivity contribution in [3.8, 4) is 11.8 Å².